The Labute approximate surface area is 427 Å². The molecule has 0 N–H and O–H groups in total. The van der Waals surface area contributed by atoms with E-state index in [1.807, 2.05) is 45.0 Å². The summed E-state index contributed by atoms with van der Waals surface area (Å²) in [5, 5.41) is 8.99. The Balaban J connectivity index is 1.07. The molecule has 390 valence electrons. The van der Waals surface area contributed by atoms with E-state index in [1.54, 1.807) is 26.3 Å². The van der Waals surface area contributed by atoms with Gasteiger partial charge in [-0.15, -0.1) is 5.10 Å². The third kappa shape index (κ3) is 11.5. The van der Waals surface area contributed by atoms with Crippen molar-refractivity contribution in [2.75, 3.05) is 140 Å². The average Bonchev–Trinajstić information content (AvgIpc) is 4.10. The fourth-order valence-electron chi connectivity index (χ4n) is 10.2. The maximum Gasteiger partial charge on any atom is 0.639 e. The number of rotatable bonds is 6. The summed E-state index contributed by atoms with van der Waals surface area (Å²) in [5.41, 5.74) is 9.90. The zero-order valence-electron chi connectivity index (χ0n) is 43.3. The first-order valence-electron chi connectivity index (χ1n) is 25.4. The Bertz CT molecular complexity index is 2750. The summed E-state index contributed by atoms with van der Waals surface area (Å²) in [7, 11) is 1.63. The van der Waals surface area contributed by atoms with E-state index in [0.29, 0.717) is 146 Å². The van der Waals surface area contributed by atoms with Gasteiger partial charge in [0.05, 0.1) is 95.3 Å². The molecule has 7 heterocycles. The molecule has 3 aromatic carbocycles. The molecule has 0 unspecified atom stereocenters. The minimum absolute atomic E-state index is 0.229. The second-order valence-corrected chi connectivity index (χ2v) is 18.9. The number of anilines is 3. The first kappa shape index (κ1) is 51.6. The topological polar surface area (TPSA) is 122 Å². The summed E-state index contributed by atoms with van der Waals surface area (Å²) in [6.07, 6.45) is 3.45. The summed E-state index contributed by atoms with van der Waals surface area (Å²) in [6, 6.07) is 20.2. The smallest absolute Gasteiger partial charge is 0.490 e. The van der Waals surface area contributed by atoms with Gasteiger partial charge in [0.1, 0.15) is 42.8 Å². The van der Waals surface area contributed by atoms with Crippen LogP contribution >= 0.6 is 0 Å². The average molecular weight is 1010 g/mol. The van der Waals surface area contributed by atoms with Gasteiger partial charge in [-0.2, -0.15) is 0 Å². The molecule has 5 aliphatic rings. The van der Waals surface area contributed by atoms with Crippen molar-refractivity contribution >= 4 is 35.4 Å². The Kier molecular flexibility index (Phi) is 16.5. The number of hydrogen-bond donors (Lipinski definition) is 0. The first-order chi connectivity index (χ1) is 35.4. The van der Waals surface area contributed by atoms with Gasteiger partial charge in [-0.3, -0.25) is 0 Å². The molecule has 0 radical (unpaired) electrons. The van der Waals surface area contributed by atoms with Crippen molar-refractivity contribution in [3.63, 3.8) is 0 Å². The van der Waals surface area contributed by atoms with Crippen molar-refractivity contribution in [3.05, 3.63) is 112 Å². The van der Waals surface area contributed by atoms with Crippen LogP contribution in [0.5, 0.6) is 17.2 Å². The summed E-state index contributed by atoms with van der Waals surface area (Å²) >= 11 is 0. The monoisotopic (exact) mass is 1010 g/mol. The lowest BCUT2D eigenvalue weighted by atomic mass is 9.87. The van der Waals surface area contributed by atoms with Gasteiger partial charge in [-0.25, -0.2) is 0 Å². The molecule has 2 aromatic heterocycles. The van der Waals surface area contributed by atoms with Crippen LogP contribution in [0.3, 0.4) is 0 Å². The lowest BCUT2D eigenvalue weighted by Gasteiger charge is -2.36. The van der Waals surface area contributed by atoms with Crippen molar-refractivity contribution in [2.45, 2.75) is 41.5 Å². The lowest BCUT2D eigenvalue weighted by Crippen LogP contribution is -2.52. The molecule has 5 aromatic rings. The van der Waals surface area contributed by atoms with Crippen molar-refractivity contribution < 1.29 is 51.0 Å². The predicted molar refractivity (Wildman–Crippen MR) is 280 cm³/mol. The molecule has 2 bridgehead atoms. The molecule has 0 amide bonds. The highest BCUT2D eigenvalue weighted by atomic mass is 19.2. The van der Waals surface area contributed by atoms with Gasteiger partial charge in [-0.1, -0.05) is 22.9 Å². The Morgan fingerprint density at radius 1 is 0.630 bits per heavy atom. The van der Waals surface area contributed by atoms with Gasteiger partial charge < -0.3 is 70.2 Å². The standard InChI is InChI=1S/C54H69BF2N8O8/c1-38-8-11-46-49(32-38)71-24-18-62(19-25-72-50-33-39(2)9-12-47(50)61-16-22-69-29-27-67-20-14-60(46)15-21-68-28-30-70-23-17-61)48-13-10-44(36-51(48)73-31-26-66-7)45-37-63(59-58-45)52-35-41(4)54-43(6)53-40(3)34-42(5)64(53)55(56,57)65(52)54/h8-13,32-37H,14-31H2,1-7H3. The molecule has 0 spiro atoms. The molecule has 16 nitrogen and oxygen atoms in total. The minimum atomic E-state index is -4.25. The van der Waals surface area contributed by atoms with Crippen molar-refractivity contribution in [1.29, 1.82) is 0 Å². The Morgan fingerprint density at radius 2 is 1.16 bits per heavy atom. The number of aryl methyl sites for hydroxylation is 4. The van der Waals surface area contributed by atoms with E-state index in [4.69, 9.17) is 37.9 Å². The fourth-order valence-corrected chi connectivity index (χ4v) is 10.2. The third-order valence-electron chi connectivity index (χ3n) is 13.7. The van der Waals surface area contributed by atoms with Gasteiger partial charge >= 0.3 is 6.97 Å². The van der Waals surface area contributed by atoms with E-state index in [9.17, 15) is 0 Å². The molecule has 10 rings (SSSR count). The summed E-state index contributed by atoms with van der Waals surface area (Å²) in [4.78, 5) is 6.70. The van der Waals surface area contributed by atoms with Crippen LogP contribution in [0.4, 0.5) is 25.7 Å². The number of halogens is 2. The summed E-state index contributed by atoms with van der Waals surface area (Å²) in [6.45, 7) is 15.9. The fraction of sp³-hybridized carbons (Fsp3) is 0.463. The Hall–Kier alpha value is -6.25. The van der Waals surface area contributed by atoms with Crippen LogP contribution in [-0.2, 0) is 23.7 Å². The number of methoxy groups -OCH3 is 1. The third-order valence-corrected chi connectivity index (χ3v) is 13.7. The normalized spacial score (nSPS) is 18.6. The molecule has 1 fully saturated rings. The molecule has 0 saturated carbocycles. The van der Waals surface area contributed by atoms with Crippen LogP contribution in [0.2, 0.25) is 0 Å². The highest BCUT2D eigenvalue weighted by Gasteiger charge is 2.51. The van der Waals surface area contributed by atoms with Crippen LogP contribution in [0, 0.1) is 27.7 Å². The number of allylic oxidation sites excluding steroid dienone is 3. The van der Waals surface area contributed by atoms with Gasteiger partial charge in [0, 0.05) is 67.0 Å². The van der Waals surface area contributed by atoms with Gasteiger partial charge in [0.15, 0.2) is 6.20 Å². The van der Waals surface area contributed by atoms with E-state index >= 15 is 8.63 Å². The largest absolute Gasteiger partial charge is 0.639 e. The van der Waals surface area contributed by atoms with E-state index in [1.165, 1.54) is 9.16 Å². The van der Waals surface area contributed by atoms with E-state index in [2.05, 4.69) is 75.3 Å². The minimum Gasteiger partial charge on any atom is -0.490 e. The maximum absolute atomic E-state index is 16.8. The second-order valence-electron chi connectivity index (χ2n) is 18.9. The van der Waals surface area contributed by atoms with Gasteiger partial charge in [-0.05, 0) is 106 Å². The van der Waals surface area contributed by atoms with E-state index < -0.39 is 6.97 Å². The van der Waals surface area contributed by atoms with Crippen molar-refractivity contribution in [2.24, 2.45) is 0 Å². The quantitative estimate of drug-likeness (QED) is 0.0946. The Morgan fingerprint density at radius 3 is 1.73 bits per heavy atom. The number of fused-ring (bicyclic) bond motifs is 22. The van der Waals surface area contributed by atoms with Crippen LogP contribution in [0.15, 0.2) is 84.2 Å². The number of ether oxygens (including phenoxy) is 8. The number of aromatic nitrogens is 4. The highest BCUT2D eigenvalue weighted by Crippen LogP contribution is 2.42. The summed E-state index contributed by atoms with van der Waals surface area (Å²) in [5.74, 6) is 2.31. The first-order valence-corrected chi connectivity index (χ1v) is 25.4. The maximum atomic E-state index is 16.8. The molecule has 1 saturated heterocycles. The lowest BCUT2D eigenvalue weighted by molar-refractivity contribution is -0.366. The molecular formula is C54H69BF2N8O8. The van der Waals surface area contributed by atoms with Crippen molar-refractivity contribution in [3.8, 4) is 28.5 Å². The summed E-state index contributed by atoms with van der Waals surface area (Å²) < 4.78 is 87.2. The van der Waals surface area contributed by atoms with Gasteiger partial charge in [0.25, 0.3) is 5.84 Å². The van der Waals surface area contributed by atoms with Crippen LogP contribution in [-0.4, -0.2) is 162 Å². The number of benzene rings is 3. The van der Waals surface area contributed by atoms with Gasteiger partial charge in [0.2, 0.25) is 0 Å². The van der Waals surface area contributed by atoms with Crippen molar-refractivity contribution in [1.82, 2.24) is 19.5 Å². The molecule has 19 heteroatoms. The van der Waals surface area contributed by atoms with E-state index in [-0.39, 0.29) is 12.4 Å². The van der Waals surface area contributed by atoms with Crippen LogP contribution in [0.1, 0.15) is 41.9 Å². The zero-order chi connectivity index (χ0) is 51.1. The van der Waals surface area contributed by atoms with Crippen LogP contribution < -0.4 is 28.9 Å². The van der Waals surface area contributed by atoms with Crippen LogP contribution in [0.25, 0.3) is 16.8 Å². The molecule has 73 heavy (non-hydrogen) atoms. The molecular weight excluding hydrogens is 937 g/mol. The molecule has 5 aliphatic heterocycles. The number of nitrogens with zero attached hydrogens (tertiary/aromatic N) is 8. The number of hydrogen-bond acceptors (Lipinski definition) is 13. The SMILES string of the molecule is COCCOc1cc(-c2cn(C3=[N+]4C(=C(C)c5c(C)cc(C)n5[B-]4(F)F)C(C)=C3)nn2)ccc1N1CCOc2cc(C)ccc2N2CCOCCOCCN(CCOCCOCC2)c2ccc(C)cc2OCC1. The predicted octanol–water partition coefficient (Wildman–Crippen LogP) is 7.56. The highest BCUT2D eigenvalue weighted by molar-refractivity contribution is 6.58. The van der Waals surface area contributed by atoms with E-state index in [0.717, 1.165) is 60.9 Å². The molecule has 0 aliphatic carbocycles. The zero-order valence-corrected chi connectivity index (χ0v) is 43.3. The second kappa shape index (κ2) is 23.3. The molecule has 0 atom stereocenters.